The van der Waals surface area contributed by atoms with Crippen LogP contribution in [-0.4, -0.2) is 44.2 Å². The van der Waals surface area contributed by atoms with Crippen LogP contribution >= 0.6 is 39.7 Å². The Morgan fingerprint density at radius 3 is 2.69 bits per heavy atom. The molecule has 1 N–H and O–H groups in total. The van der Waals surface area contributed by atoms with Gasteiger partial charge in [0.05, 0.1) is 16.6 Å². The van der Waals surface area contributed by atoms with Crippen molar-refractivity contribution in [1.82, 2.24) is 19.7 Å². The van der Waals surface area contributed by atoms with Crippen LogP contribution < -0.4 is 5.32 Å². The Kier molecular flexibility index (Phi) is 5.27. The van der Waals surface area contributed by atoms with E-state index in [1.54, 1.807) is 19.0 Å². The number of carbonyl (C=O) groups is 1. The van der Waals surface area contributed by atoms with Gasteiger partial charge in [0.25, 0.3) is 0 Å². The molecule has 26 heavy (non-hydrogen) atoms. The molecular formula is C15H13BrClF2N5OS. The summed E-state index contributed by atoms with van der Waals surface area (Å²) in [6.07, 6.45) is 0. The minimum Gasteiger partial charge on any atom is -0.368 e. The van der Waals surface area contributed by atoms with Crippen LogP contribution in [0.25, 0.3) is 0 Å². The highest BCUT2D eigenvalue weighted by Crippen LogP contribution is 2.41. The predicted molar refractivity (Wildman–Crippen MR) is 100 cm³/mol. The molecule has 3 heterocycles. The maximum absolute atomic E-state index is 13.8. The number of likely N-dealkylation sites (N-methyl/N-ethyl adjacent to an activating group) is 1. The van der Waals surface area contributed by atoms with E-state index >= 15 is 0 Å². The lowest BCUT2D eigenvalue weighted by Gasteiger charge is -2.18. The van der Waals surface area contributed by atoms with Gasteiger partial charge in [-0.1, -0.05) is 23.8 Å². The van der Waals surface area contributed by atoms with E-state index in [0.717, 1.165) is 12.1 Å². The molecule has 1 amide bonds. The average Bonchev–Trinajstić information content (AvgIpc) is 2.98. The number of rotatable bonds is 3. The second-order valence-electron chi connectivity index (χ2n) is 5.88. The fraction of sp³-hybridized carbons (Fsp3) is 0.333. The summed E-state index contributed by atoms with van der Waals surface area (Å²) in [5.41, 5.74) is 0.433. The number of amides is 1. The number of aromatic nitrogens is 3. The van der Waals surface area contributed by atoms with Crippen LogP contribution in [0.15, 0.2) is 16.7 Å². The van der Waals surface area contributed by atoms with Crippen molar-refractivity contribution in [3.8, 4) is 0 Å². The molecule has 0 radical (unpaired) electrons. The molecule has 0 aromatic carbocycles. The minimum atomic E-state index is -1.10. The molecule has 0 spiro atoms. The maximum atomic E-state index is 13.8. The van der Waals surface area contributed by atoms with Crippen LogP contribution in [0, 0.1) is 17.8 Å². The monoisotopic (exact) mass is 463 g/mol. The molecule has 1 aliphatic heterocycles. The standard InChI is InChI=1S/C15H13BrClF2N5OS/c1-23-5-6(9-11(16)22-24(2)12(9)17)10(15(23)26)14(25)20-7-3-4-8(18)21-13(7)19/h3-4,6,10H,5H2,1-2H3,(H,20,25)/t6-,10+/m1/s1. The first-order valence-electron chi connectivity index (χ1n) is 7.46. The van der Waals surface area contributed by atoms with Gasteiger partial charge in [0.1, 0.15) is 9.76 Å². The number of anilines is 1. The van der Waals surface area contributed by atoms with Gasteiger partial charge in [-0.05, 0) is 28.1 Å². The zero-order valence-electron chi connectivity index (χ0n) is 13.6. The molecule has 138 valence electrons. The number of hydrogen-bond acceptors (Lipinski definition) is 4. The Bertz CT molecular complexity index is 908. The molecule has 1 fully saturated rings. The van der Waals surface area contributed by atoms with E-state index in [-0.39, 0.29) is 11.6 Å². The van der Waals surface area contributed by atoms with Crippen molar-refractivity contribution in [1.29, 1.82) is 0 Å². The van der Waals surface area contributed by atoms with Crippen LogP contribution in [-0.2, 0) is 11.8 Å². The Morgan fingerprint density at radius 1 is 1.42 bits per heavy atom. The second kappa shape index (κ2) is 7.16. The molecule has 0 aliphatic carbocycles. The number of halogens is 4. The minimum absolute atomic E-state index is 0.219. The van der Waals surface area contributed by atoms with Crippen LogP contribution in [0.5, 0.6) is 0 Å². The third-order valence-electron chi connectivity index (χ3n) is 4.21. The SMILES string of the molecule is CN1C[C@H](c2c(Br)nn(C)c2Cl)[C@@H](C(=O)Nc2ccc(F)nc2F)C1=S. The number of pyridine rings is 1. The van der Waals surface area contributed by atoms with Gasteiger partial charge in [-0.15, -0.1) is 0 Å². The highest BCUT2D eigenvalue weighted by atomic mass is 79.9. The number of aryl methyl sites for hydroxylation is 1. The average molecular weight is 465 g/mol. The molecule has 1 aliphatic rings. The normalized spacial score (nSPS) is 19.9. The number of nitrogens with zero attached hydrogens (tertiary/aromatic N) is 4. The smallest absolute Gasteiger partial charge is 0.239 e. The molecular weight excluding hydrogens is 452 g/mol. The summed E-state index contributed by atoms with van der Waals surface area (Å²) in [6, 6.07) is 2.07. The van der Waals surface area contributed by atoms with Crippen molar-refractivity contribution in [3.05, 3.63) is 39.3 Å². The summed E-state index contributed by atoms with van der Waals surface area (Å²) in [5.74, 6) is -3.74. The zero-order valence-corrected chi connectivity index (χ0v) is 16.8. The first-order chi connectivity index (χ1) is 12.2. The van der Waals surface area contributed by atoms with Crippen molar-refractivity contribution in [2.75, 3.05) is 18.9 Å². The Morgan fingerprint density at radius 2 is 2.12 bits per heavy atom. The maximum Gasteiger partial charge on any atom is 0.239 e. The highest BCUT2D eigenvalue weighted by molar-refractivity contribution is 9.10. The van der Waals surface area contributed by atoms with Gasteiger partial charge in [-0.2, -0.15) is 18.9 Å². The van der Waals surface area contributed by atoms with Gasteiger partial charge in [0.2, 0.25) is 17.8 Å². The molecule has 2 atom stereocenters. The van der Waals surface area contributed by atoms with Crippen molar-refractivity contribution >= 4 is 56.3 Å². The van der Waals surface area contributed by atoms with Crippen molar-refractivity contribution in [3.63, 3.8) is 0 Å². The molecule has 1 saturated heterocycles. The number of hydrogen-bond donors (Lipinski definition) is 1. The van der Waals surface area contributed by atoms with E-state index in [4.69, 9.17) is 23.8 Å². The lowest BCUT2D eigenvalue weighted by Crippen LogP contribution is -2.32. The fourth-order valence-corrected chi connectivity index (χ4v) is 4.41. The topological polar surface area (TPSA) is 63.1 Å². The highest BCUT2D eigenvalue weighted by Gasteiger charge is 2.44. The Balaban J connectivity index is 1.94. The molecule has 11 heteroatoms. The third kappa shape index (κ3) is 3.33. The number of nitrogens with one attached hydrogen (secondary N) is 1. The molecule has 0 unspecified atom stereocenters. The van der Waals surface area contributed by atoms with Crippen molar-refractivity contribution in [2.45, 2.75) is 5.92 Å². The van der Waals surface area contributed by atoms with Gasteiger partial charge >= 0.3 is 0 Å². The van der Waals surface area contributed by atoms with Crippen molar-refractivity contribution < 1.29 is 13.6 Å². The van der Waals surface area contributed by atoms with E-state index in [0.29, 0.717) is 26.9 Å². The summed E-state index contributed by atoms with van der Waals surface area (Å²) in [4.78, 5) is 18.0. The largest absolute Gasteiger partial charge is 0.368 e. The first-order valence-corrected chi connectivity index (χ1v) is 9.04. The van der Waals surface area contributed by atoms with Gasteiger partial charge in [0, 0.05) is 32.1 Å². The lowest BCUT2D eigenvalue weighted by atomic mass is 9.90. The van der Waals surface area contributed by atoms with Gasteiger partial charge < -0.3 is 10.2 Å². The quantitative estimate of drug-likeness (QED) is 0.559. The summed E-state index contributed by atoms with van der Waals surface area (Å²) in [5, 5.41) is 7.02. The van der Waals surface area contributed by atoms with Gasteiger partial charge in [-0.3, -0.25) is 9.48 Å². The fourth-order valence-electron chi connectivity index (χ4n) is 2.96. The molecule has 3 rings (SSSR count). The molecule has 2 aromatic rings. The summed E-state index contributed by atoms with van der Waals surface area (Å²) >= 11 is 15.1. The van der Waals surface area contributed by atoms with Crippen LogP contribution in [0.1, 0.15) is 11.5 Å². The molecule has 0 saturated carbocycles. The van der Waals surface area contributed by atoms with Crippen LogP contribution in [0.3, 0.4) is 0 Å². The van der Waals surface area contributed by atoms with Crippen LogP contribution in [0.2, 0.25) is 5.15 Å². The van der Waals surface area contributed by atoms with E-state index in [9.17, 15) is 13.6 Å². The van der Waals surface area contributed by atoms with E-state index in [2.05, 4.69) is 31.3 Å². The third-order valence-corrected chi connectivity index (χ3v) is 5.81. The van der Waals surface area contributed by atoms with Gasteiger partial charge in [0.15, 0.2) is 0 Å². The number of likely N-dealkylation sites (tertiary alicyclic amines) is 1. The summed E-state index contributed by atoms with van der Waals surface area (Å²) in [6.45, 7) is 0.449. The van der Waals surface area contributed by atoms with Crippen molar-refractivity contribution in [2.24, 2.45) is 13.0 Å². The van der Waals surface area contributed by atoms with E-state index in [1.807, 2.05) is 0 Å². The Hall–Kier alpha value is -1.65. The second-order valence-corrected chi connectivity index (χ2v) is 7.41. The lowest BCUT2D eigenvalue weighted by molar-refractivity contribution is -0.118. The van der Waals surface area contributed by atoms with E-state index < -0.39 is 23.7 Å². The number of thiocarbonyl (C=S) groups is 1. The molecule has 2 aromatic heterocycles. The van der Waals surface area contributed by atoms with E-state index in [1.165, 1.54) is 4.68 Å². The zero-order chi connectivity index (χ0) is 19.2. The van der Waals surface area contributed by atoms with Gasteiger partial charge in [-0.25, -0.2) is 0 Å². The molecule has 0 bridgehead atoms. The molecule has 6 nitrogen and oxygen atoms in total. The summed E-state index contributed by atoms with van der Waals surface area (Å²) < 4.78 is 28.7. The first kappa shape index (κ1) is 19.1. The number of carbonyl (C=O) groups excluding carboxylic acids is 1. The predicted octanol–water partition coefficient (Wildman–Crippen LogP) is 3.12. The summed E-state index contributed by atoms with van der Waals surface area (Å²) in [7, 11) is 3.45. The Labute approximate surface area is 166 Å². The van der Waals surface area contributed by atoms with Crippen LogP contribution in [0.4, 0.5) is 14.5 Å².